The quantitative estimate of drug-likeness (QED) is 0.803. The Labute approximate surface area is 104 Å². The van der Waals surface area contributed by atoms with Gasteiger partial charge in [-0.1, -0.05) is 11.6 Å². The zero-order chi connectivity index (χ0) is 12.3. The molecule has 1 N–H and O–H groups in total. The number of fused-ring (bicyclic) bond motifs is 1. The molecule has 1 aromatic rings. The average molecular weight is 231 g/mol. The average Bonchev–Trinajstić information content (AvgIpc) is 2.70. The summed E-state index contributed by atoms with van der Waals surface area (Å²) in [5.74, 6) is 0.984. The van der Waals surface area contributed by atoms with Crippen molar-refractivity contribution in [3.63, 3.8) is 0 Å². The van der Waals surface area contributed by atoms with Gasteiger partial charge in [-0.05, 0) is 63.1 Å². The predicted molar refractivity (Wildman–Crippen MR) is 71.5 cm³/mol. The number of nitrogens with one attached hydrogen (secondary N) is 1. The number of benzene rings is 1. The second-order valence-electron chi connectivity index (χ2n) is 4.83. The van der Waals surface area contributed by atoms with E-state index in [-0.39, 0.29) is 0 Å². The summed E-state index contributed by atoms with van der Waals surface area (Å²) in [5, 5.41) is 3.35. The summed E-state index contributed by atoms with van der Waals surface area (Å²) >= 11 is 0. The van der Waals surface area contributed by atoms with Gasteiger partial charge in [-0.25, -0.2) is 0 Å². The van der Waals surface area contributed by atoms with E-state index in [4.69, 9.17) is 4.74 Å². The maximum Gasteiger partial charge on any atom is 0.120 e. The smallest absolute Gasteiger partial charge is 0.120 e. The van der Waals surface area contributed by atoms with Crippen molar-refractivity contribution >= 4 is 0 Å². The Morgan fingerprint density at radius 1 is 1.47 bits per heavy atom. The maximum absolute atomic E-state index is 5.71. The van der Waals surface area contributed by atoms with Crippen LogP contribution >= 0.6 is 0 Å². The van der Waals surface area contributed by atoms with Gasteiger partial charge in [-0.3, -0.25) is 0 Å². The summed E-state index contributed by atoms with van der Waals surface area (Å²) in [4.78, 5) is 0. The molecule has 0 amide bonds. The fraction of sp³-hybridized carbons (Fsp3) is 0.467. The van der Waals surface area contributed by atoms with Crippen LogP contribution in [0.2, 0.25) is 0 Å². The highest BCUT2D eigenvalue weighted by Gasteiger charge is 2.20. The summed E-state index contributed by atoms with van der Waals surface area (Å²) in [6.45, 7) is 4.84. The molecule has 2 heteroatoms. The van der Waals surface area contributed by atoms with E-state index in [1.807, 2.05) is 7.05 Å². The van der Waals surface area contributed by atoms with Crippen LogP contribution < -0.4 is 10.1 Å². The van der Waals surface area contributed by atoms with Crippen LogP contribution in [0.5, 0.6) is 5.75 Å². The molecule has 0 saturated carbocycles. The van der Waals surface area contributed by atoms with Gasteiger partial charge in [0, 0.05) is 6.04 Å². The van der Waals surface area contributed by atoms with Crippen molar-refractivity contribution in [3.05, 3.63) is 41.0 Å². The monoisotopic (exact) mass is 231 g/mol. The minimum atomic E-state index is 0.525. The molecule has 0 aromatic heterocycles. The third kappa shape index (κ3) is 2.89. The van der Waals surface area contributed by atoms with Gasteiger partial charge in [0.25, 0.3) is 0 Å². The van der Waals surface area contributed by atoms with Gasteiger partial charge in [-0.2, -0.15) is 0 Å². The lowest BCUT2D eigenvalue weighted by atomic mass is 10.1. The summed E-state index contributed by atoms with van der Waals surface area (Å²) in [6, 6.07) is 6.98. The van der Waals surface area contributed by atoms with Crippen LogP contribution in [0.4, 0.5) is 0 Å². The number of hydrogen-bond donors (Lipinski definition) is 1. The molecular weight excluding hydrogens is 210 g/mol. The molecule has 1 aromatic carbocycles. The van der Waals surface area contributed by atoms with Gasteiger partial charge in [0.2, 0.25) is 0 Å². The highest BCUT2D eigenvalue weighted by atomic mass is 16.5. The van der Waals surface area contributed by atoms with E-state index < -0.39 is 0 Å². The van der Waals surface area contributed by atoms with E-state index in [0.29, 0.717) is 12.6 Å². The van der Waals surface area contributed by atoms with Gasteiger partial charge >= 0.3 is 0 Å². The first kappa shape index (κ1) is 12.2. The van der Waals surface area contributed by atoms with Crippen LogP contribution in [0.25, 0.3) is 0 Å². The van der Waals surface area contributed by atoms with Crippen molar-refractivity contribution < 1.29 is 4.74 Å². The van der Waals surface area contributed by atoms with Crippen molar-refractivity contribution in [2.75, 3.05) is 13.7 Å². The van der Waals surface area contributed by atoms with Crippen LogP contribution in [0.1, 0.15) is 37.4 Å². The molecule has 0 radical (unpaired) electrons. The standard InChI is InChI=1S/C15H21NO/c1-11(2)8-9-17-13-5-6-14-12(10-13)4-7-15(14)16-3/h5-6,8,10,15-16H,4,7,9H2,1-3H3. The highest BCUT2D eigenvalue weighted by molar-refractivity contribution is 5.40. The van der Waals surface area contributed by atoms with Crippen molar-refractivity contribution in [2.24, 2.45) is 0 Å². The van der Waals surface area contributed by atoms with E-state index in [2.05, 4.69) is 43.4 Å². The van der Waals surface area contributed by atoms with E-state index in [9.17, 15) is 0 Å². The van der Waals surface area contributed by atoms with Crippen LogP contribution in [-0.4, -0.2) is 13.7 Å². The molecule has 0 saturated heterocycles. The molecule has 1 aliphatic carbocycles. The lowest BCUT2D eigenvalue weighted by Gasteiger charge is -2.11. The maximum atomic E-state index is 5.71. The third-order valence-corrected chi connectivity index (χ3v) is 3.28. The lowest BCUT2D eigenvalue weighted by molar-refractivity contribution is 0.361. The molecule has 2 nitrogen and oxygen atoms in total. The van der Waals surface area contributed by atoms with Gasteiger partial charge < -0.3 is 10.1 Å². The second-order valence-corrected chi connectivity index (χ2v) is 4.83. The Kier molecular flexibility index (Phi) is 3.85. The van der Waals surface area contributed by atoms with E-state index in [1.54, 1.807) is 0 Å². The number of hydrogen-bond acceptors (Lipinski definition) is 2. The van der Waals surface area contributed by atoms with Crippen LogP contribution in [0.3, 0.4) is 0 Å². The number of ether oxygens (including phenoxy) is 1. The van der Waals surface area contributed by atoms with Crippen LogP contribution in [0.15, 0.2) is 29.8 Å². The molecule has 0 fully saturated rings. The van der Waals surface area contributed by atoms with Crippen molar-refractivity contribution in [1.82, 2.24) is 5.32 Å². The first-order valence-electron chi connectivity index (χ1n) is 6.27. The van der Waals surface area contributed by atoms with Crippen LogP contribution in [-0.2, 0) is 6.42 Å². The van der Waals surface area contributed by atoms with Crippen LogP contribution in [0, 0.1) is 0 Å². The van der Waals surface area contributed by atoms with Crippen molar-refractivity contribution in [1.29, 1.82) is 0 Å². The minimum absolute atomic E-state index is 0.525. The topological polar surface area (TPSA) is 21.3 Å². The van der Waals surface area contributed by atoms with Gasteiger partial charge in [0.05, 0.1) is 0 Å². The lowest BCUT2D eigenvalue weighted by Crippen LogP contribution is -2.12. The van der Waals surface area contributed by atoms with E-state index in [1.165, 1.54) is 23.1 Å². The normalized spacial score (nSPS) is 17.7. The molecule has 0 aliphatic heterocycles. The summed E-state index contributed by atoms with van der Waals surface area (Å²) in [7, 11) is 2.03. The summed E-state index contributed by atoms with van der Waals surface area (Å²) in [5.41, 5.74) is 4.16. The second kappa shape index (κ2) is 5.37. The molecule has 1 aliphatic rings. The van der Waals surface area contributed by atoms with Gasteiger partial charge in [0.1, 0.15) is 12.4 Å². The summed E-state index contributed by atoms with van der Waals surface area (Å²) < 4.78 is 5.71. The number of aryl methyl sites for hydroxylation is 1. The Bertz CT molecular complexity index is 419. The summed E-state index contributed by atoms with van der Waals surface area (Å²) in [6.07, 6.45) is 4.45. The molecular formula is C15H21NO. The Morgan fingerprint density at radius 3 is 3.00 bits per heavy atom. The predicted octanol–water partition coefficient (Wildman–Crippen LogP) is 3.24. The molecule has 17 heavy (non-hydrogen) atoms. The molecule has 0 spiro atoms. The largest absolute Gasteiger partial charge is 0.490 e. The Hall–Kier alpha value is -1.28. The Balaban J connectivity index is 2.05. The van der Waals surface area contributed by atoms with Crippen molar-refractivity contribution in [3.8, 4) is 5.75 Å². The first-order chi connectivity index (χ1) is 8.20. The van der Waals surface area contributed by atoms with Crippen molar-refractivity contribution in [2.45, 2.75) is 32.7 Å². The third-order valence-electron chi connectivity index (χ3n) is 3.28. The van der Waals surface area contributed by atoms with Gasteiger partial charge in [0.15, 0.2) is 0 Å². The number of allylic oxidation sites excluding steroid dienone is 1. The molecule has 1 atom stereocenters. The fourth-order valence-electron chi connectivity index (χ4n) is 2.29. The molecule has 1 unspecified atom stereocenters. The molecule has 0 heterocycles. The highest BCUT2D eigenvalue weighted by Crippen LogP contribution is 2.33. The molecule has 2 rings (SSSR count). The number of rotatable bonds is 4. The Morgan fingerprint density at radius 2 is 2.29 bits per heavy atom. The molecule has 92 valence electrons. The van der Waals surface area contributed by atoms with E-state index in [0.717, 1.165) is 12.2 Å². The van der Waals surface area contributed by atoms with Gasteiger partial charge in [-0.15, -0.1) is 0 Å². The minimum Gasteiger partial charge on any atom is -0.490 e. The fourth-order valence-corrected chi connectivity index (χ4v) is 2.29. The van der Waals surface area contributed by atoms with E-state index >= 15 is 0 Å². The molecule has 0 bridgehead atoms. The first-order valence-corrected chi connectivity index (χ1v) is 6.27. The zero-order valence-corrected chi connectivity index (χ0v) is 10.9. The zero-order valence-electron chi connectivity index (χ0n) is 10.9. The SMILES string of the molecule is CNC1CCc2cc(OCC=C(C)C)ccc21.